The SMILES string of the molecule is CS(=O)(=O)NCc1cc(F)cc(-c2cccc3[nH]c(-c4n[nH]c5ccc(-c6cncc(NC(=O)C7CCCCC7)c6)cc45)cc23)c1. The molecule has 1 aliphatic carbocycles. The highest BCUT2D eigenvalue weighted by molar-refractivity contribution is 7.88. The topological polar surface area (TPSA) is 133 Å². The van der Waals surface area contributed by atoms with Gasteiger partial charge < -0.3 is 10.3 Å². The Morgan fingerprint density at radius 1 is 0.913 bits per heavy atom. The largest absolute Gasteiger partial charge is 0.353 e. The molecule has 0 spiro atoms. The molecule has 1 saturated carbocycles. The van der Waals surface area contributed by atoms with E-state index in [4.69, 9.17) is 0 Å². The first-order valence-corrected chi connectivity index (χ1v) is 17.2. The molecule has 0 bridgehead atoms. The number of aromatic amines is 2. The predicted octanol–water partition coefficient (Wildman–Crippen LogP) is 7.15. The molecule has 0 radical (unpaired) electrons. The predicted molar refractivity (Wildman–Crippen MR) is 179 cm³/mol. The number of fused-ring (bicyclic) bond motifs is 2. The van der Waals surface area contributed by atoms with E-state index in [1.165, 1.54) is 18.6 Å². The monoisotopic (exact) mass is 636 g/mol. The molecule has 3 heterocycles. The van der Waals surface area contributed by atoms with E-state index in [-0.39, 0.29) is 18.4 Å². The average molecular weight is 637 g/mol. The molecule has 3 aromatic carbocycles. The van der Waals surface area contributed by atoms with E-state index in [1.54, 1.807) is 18.5 Å². The highest BCUT2D eigenvalue weighted by Gasteiger charge is 2.21. The molecule has 0 aliphatic heterocycles. The minimum absolute atomic E-state index is 0.00906. The van der Waals surface area contributed by atoms with Crippen LogP contribution in [-0.4, -0.2) is 40.7 Å². The van der Waals surface area contributed by atoms with Gasteiger partial charge in [0.05, 0.1) is 29.4 Å². The number of nitrogens with zero attached hydrogens (tertiary/aromatic N) is 2. The van der Waals surface area contributed by atoms with E-state index in [2.05, 4.69) is 36.3 Å². The van der Waals surface area contributed by atoms with Crippen LogP contribution in [-0.2, 0) is 21.4 Å². The van der Waals surface area contributed by atoms with E-state index in [1.807, 2.05) is 42.5 Å². The van der Waals surface area contributed by atoms with Crippen molar-refractivity contribution in [2.75, 3.05) is 11.6 Å². The van der Waals surface area contributed by atoms with Crippen molar-refractivity contribution in [1.29, 1.82) is 0 Å². The number of pyridine rings is 1. The number of amides is 1. The van der Waals surface area contributed by atoms with E-state index in [0.29, 0.717) is 16.8 Å². The van der Waals surface area contributed by atoms with Gasteiger partial charge in [0.2, 0.25) is 15.9 Å². The smallest absolute Gasteiger partial charge is 0.227 e. The van der Waals surface area contributed by atoms with Gasteiger partial charge in [-0.1, -0.05) is 37.5 Å². The van der Waals surface area contributed by atoms with Gasteiger partial charge in [0.1, 0.15) is 11.5 Å². The summed E-state index contributed by atoms with van der Waals surface area (Å²) in [6, 6.07) is 20.3. The lowest BCUT2D eigenvalue weighted by Crippen LogP contribution is -2.24. The number of sulfonamides is 1. The van der Waals surface area contributed by atoms with Crippen molar-refractivity contribution in [3.8, 4) is 33.6 Å². The molecule has 234 valence electrons. The first kappa shape index (κ1) is 29.8. The first-order valence-electron chi connectivity index (χ1n) is 15.3. The van der Waals surface area contributed by atoms with Gasteiger partial charge in [0.25, 0.3) is 0 Å². The Kier molecular flexibility index (Phi) is 7.87. The standard InChI is InChI=1S/C35H33FN6O3S/c1-46(44,45)38-18-21-12-24(14-26(36)13-21)28-8-5-9-31-29(28)17-33(40-31)34-30-16-23(10-11-32(30)41-42-34)25-15-27(20-37-19-25)39-35(43)22-6-3-2-4-7-22/h5,8-17,19-20,22,38,40H,2-4,6-7,18H2,1H3,(H,39,43)(H,41,42). The number of anilines is 1. The number of carbonyl (C=O) groups is 1. The molecule has 46 heavy (non-hydrogen) atoms. The van der Waals surface area contributed by atoms with Gasteiger partial charge in [-0.25, -0.2) is 17.5 Å². The Morgan fingerprint density at radius 2 is 1.76 bits per heavy atom. The number of hydrogen-bond acceptors (Lipinski definition) is 5. The molecule has 1 fully saturated rings. The number of halogens is 1. The molecule has 0 unspecified atom stereocenters. The maximum atomic E-state index is 14.7. The van der Waals surface area contributed by atoms with Crippen LogP contribution in [0.1, 0.15) is 37.7 Å². The summed E-state index contributed by atoms with van der Waals surface area (Å²) in [5, 5.41) is 12.6. The molecule has 1 amide bonds. The summed E-state index contributed by atoms with van der Waals surface area (Å²) in [7, 11) is -3.43. The lowest BCUT2D eigenvalue weighted by Gasteiger charge is -2.20. The highest BCUT2D eigenvalue weighted by atomic mass is 32.2. The van der Waals surface area contributed by atoms with Crippen LogP contribution in [0.25, 0.3) is 55.4 Å². The molecule has 0 saturated heterocycles. The molecule has 11 heteroatoms. The van der Waals surface area contributed by atoms with Crippen molar-refractivity contribution >= 4 is 43.4 Å². The Hall–Kier alpha value is -4.87. The van der Waals surface area contributed by atoms with Crippen molar-refractivity contribution in [1.82, 2.24) is 24.9 Å². The second-order valence-electron chi connectivity index (χ2n) is 12.0. The van der Waals surface area contributed by atoms with Crippen LogP contribution >= 0.6 is 0 Å². The van der Waals surface area contributed by atoms with Crippen LogP contribution in [0.2, 0.25) is 0 Å². The quantitative estimate of drug-likeness (QED) is 0.141. The average Bonchev–Trinajstić information content (AvgIpc) is 3.68. The molecule has 3 aromatic heterocycles. The third kappa shape index (κ3) is 6.29. The number of hydrogen-bond donors (Lipinski definition) is 4. The Bertz CT molecular complexity index is 2200. The summed E-state index contributed by atoms with van der Waals surface area (Å²) in [6.45, 7) is -0.00906. The van der Waals surface area contributed by atoms with Crippen molar-refractivity contribution in [2.24, 2.45) is 5.92 Å². The third-order valence-electron chi connectivity index (χ3n) is 8.60. The van der Waals surface area contributed by atoms with Crippen LogP contribution in [0.3, 0.4) is 0 Å². The fraction of sp³-hybridized carbons (Fsp3) is 0.229. The molecular weight excluding hydrogens is 603 g/mol. The van der Waals surface area contributed by atoms with Crippen molar-refractivity contribution in [3.05, 3.63) is 90.5 Å². The van der Waals surface area contributed by atoms with Crippen LogP contribution < -0.4 is 10.0 Å². The summed E-state index contributed by atoms with van der Waals surface area (Å²) < 4.78 is 40.3. The molecule has 7 rings (SSSR count). The van der Waals surface area contributed by atoms with Gasteiger partial charge in [-0.3, -0.25) is 14.9 Å². The zero-order valence-electron chi connectivity index (χ0n) is 25.2. The number of carbonyl (C=O) groups excluding carboxylic acids is 1. The highest BCUT2D eigenvalue weighted by Crippen LogP contribution is 2.36. The van der Waals surface area contributed by atoms with Gasteiger partial charge >= 0.3 is 0 Å². The van der Waals surface area contributed by atoms with Gasteiger partial charge in [-0.15, -0.1) is 0 Å². The summed E-state index contributed by atoms with van der Waals surface area (Å²) in [5.41, 5.74) is 7.68. The molecule has 1 aliphatic rings. The number of benzene rings is 3. The molecule has 9 nitrogen and oxygen atoms in total. The van der Waals surface area contributed by atoms with Gasteiger partial charge in [0, 0.05) is 40.5 Å². The minimum Gasteiger partial charge on any atom is -0.353 e. The fourth-order valence-electron chi connectivity index (χ4n) is 6.33. The Labute approximate surface area is 265 Å². The van der Waals surface area contributed by atoms with Crippen LogP contribution in [0.4, 0.5) is 10.1 Å². The second-order valence-corrected chi connectivity index (χ2v) is 13.8. The number of nitrogens with one attached hydrogen (secondary N) is 4. The van der Waals surface area contributed by atoms with E-state index < -0.39 is 15.8 Å². The second kappa shape index (κ2) is 12.1. The van der Waals surface area contributed by atoms with Crippen molar-refractivity contribution in [2.45, 2.75) is 38.6 Å². The van der Waals surface area contributed by atoms with Crippen molar-refractivity contribution in [3.63, 3.8) is 0 Å². The van der Waals surface area contributed by atoms with Gasteiger partial charge in [-0.2, -0.15) is 5.10 Å². The molecule has 4 N–H and O–H groups in total. The molecule has 0 atom stereocenters. The lowest BCUT2D eigenvalue weighted by atomic mass is 9.88. The van der Waals surface area contributed by atoms with E-state index in [0.717, 1.165) is 81.8 Å². The summed E-state index contributed by atoms with van der Waals surface area (Å²) in [6.07, 6.45) is 9.78. The van der Waals surface area contributed by atoms with Gasteiger partial charge in [-0.05, 0) is 83.6 Å². The number of aromatic nitrogens is 4. The Balaban J connectivity index is 1.21. The maximum absolute atomic E-state index is 14.7. The Morgan fingerprint density at radius 3 is 2.59 bits per heavy atom. The summed E-state index contributed by atoms with van der Waals surface area (Å²) >= 11 is 0. The maximum Gasteiger partial charge on any atom is 0.227 e. The summed E-state index contributed by atoms with van der Waals surface area (Å²) in [5.74, 6) is -0.336. The van der Waals surface area contributed by atoms with E-state index in [9.17, 15) is 17.6 Å². The normalized spacial score (nSPS) is 14.2. The zero-order chi connectivity index (χ0) is 31.8. The van der Waals surface area contributed by atoms with Crippen LogP contribution in [0.15, 0.2) is 79.1 Å². The lowest BCUT2D eigenvalue weighted by molar-refractivity contribution is -0.120. The number of rotatable bonds is 8. The van der Waals surface area contributed by atoms with Gasteiger partial charge in [0.15, 0.2) is 0 Å². The van der Waals surface area contributed by atoms with Crippen LogP contribution in [0.5, 0.6) is 0 Å². The van der Waals surface area contributed by atoms with Crippen molar-refractivity contribution < 1.29 is 17.6 Å². The molecular formula is C35H33FN6O3S. The first-order chi connectivity index (χ1) is 22.2. The number of H-pyrrole nitrogens is 2. The molecule has 6 aromatic rings. The minimum atomic E-state index is -3.43. The van der Waals surface area contributed by atoms with E-state index >= 15 is 0 Å². The van der Waals surface area contributed by atoms with Crippen LogP contribution in [0, 0.1) is 11.7 Å². The summed E-state index contributed by atoms with van der Waals surface area (Å²) in [4.78, 5) is 20.7. The zero-order valence-corrected chi connectivity index (χ0v) is 26.0. The third-order valence-corrected chi connectivity index (χ3v) is 9.27. The fourth-order valence-corrected chi connectivity index (χ4v) is 6.76.